The van der Waals surface area contributed by atoms with E-state index < -0.39 is 10.0 Å². The van der Waals surface area contributed by atoms with Crippen LogP contribution in [-0.2, 0) is 28.3 Å². The molecule has 0 spiro atoms. The highest BCUT2D eigenvalue weighted by atomic mass is 32.2. The Hall–Kier alpha value is -2.26. The number of rotatable bonds is 6. The monoisotopic (exact) mass is 377 g/mol. The molecule has 0 atom stereocenters. The van der Waals surface area contributed by atoms with Crippen LogP contribution in [0.3, 0.4) is 0 Å². The number of aromatic nitrogens is 3. The Morgan fingerprint density at radius 2 is 1.81 bits per heavy atom. The largest absolute Gasteiger partial charge is 0.300 e. The molecule has 3 rings (SSSR count). The van der Waals surface area contributed by atoms with Gasteiger partial charge >= 0.3 is 0 Å². The van der Waals surface area contributed by atoms with Gasteiger partial charge in [0.15, 0.2) is 0 Å². The van der Waals surface area contributed by atoms with E-state index in [1.54, 1.807) is 42.8 Å². The number of hydrogen-bond donors (Lipinski definition) is 1. The van der Waals surface area contributed by atoms with Crippen LogP contribution in [0.5, 0.6) is 0 Å². The van der Waals surface area contributed by atoms with Crippen LogP contribution in [0.25, 0.3) is 0 Å². The van der Waals surface area contributed by atoms with E-state index in [9.17, 15) is 13.2 Å². The fraction of sp³-hybridized carbons (Fsp3) is 0.471. The van der Waals surface area contributed by atoms with E-state index in [-0.39, 0.29) is 12.3 Å². The molecular formula is C17H23N5O3S. The predicted molar refractivity (Wildman–Crippen MR) is 97.1 cm³/mol. The zero-order chi connectivity index (χ0) is 18.7. The van der Waals surface area contributed by atoms with Gasteiger partial charge in [-0.2, -0.15) is 4.31 Å². The summed E-state index contributed by atoms with van der Waals surface area (Å²) in [6, 6.07) is 6.77. The van der Waals surface area contributed by atoms with Crippen molar-refractivity contribution < 1.29 is 13.2 Å². The number of amides is 1. The Balaban J connectivity index is 1.57. The number of sulfonamides is 1. The van der Waals surface area contributed by atoms with Crippen LogP contribution < -0.4 is 5.32 Å². The predicted octanol–water partition coefficient (Wildman–Crippen LogP) is 1.48. The zero-order valence-electron chi connectivity index (χ0n) is 15.0. The summed E-state index contributed by atoms with van der Waals surface area (Å²) >= 11 is 0. The van der Waals surface area contributed by atoms with E-state index in [0.717, 1.165) is 24.2 Å². The number of carbonyl (C=O) groups excluding carboxylic acids is 1. The molecule has 0 aliphatic carbocycles. The number of nitrogens with zero attached hydrogens (tertiary/aromatic N) is 4. The third-order valence-corrected chi connectivity index (χ3v) is 6.52. The number of nitrogens with one attached hydrogen (secondary N) is 1. The highest BCUT2D eigenvalue weighted by Crippen LogP contribution is 2.21. The summed E-state index contributed by atoms with van der Waals surface area (Å²) in [4.78, 5) is 12.4. The Kier molecular flexibility index (Phi) is 5.38. The normalized spacial score (nSPS) is 15.3. The molecule has 0 bridgehead atoms. The molecule has 9 heteroatoms. The minimum Gasteiger partial charge on any atom is -0.300 e. The molecule has 0 radical (unpaired) electrons. The summed E-state index contributed by atoms with van der Waals surface area (Å²) in [5.41, 5.74) is 0.912. The second-order valence-electron chi connectivity index (χ2n) is 6.43. The SMILES string of the molecule is Cc1nnc(NC(=O)CCc2ccc(S(=O)(=O)N3CCCC3)cc2)n1C. The van der Waals surface area contributed by atoms with Crippen LogP contribution in [0.1, 0.15) is 30.7 Å². The van der Waals surface area contributed by atoms with Gasteiger partial charge in [0.25, 0.3) is 0 Å². The van der Waals surface area contributed by atoms with Crippen molar-refractivity contribution in [3.05, 3.63) is 35.7 Å². The number of anilines is 1. The van der Waals surface area contributed by atoms with E-state index in [1.165, 1.54) is 4.31 Å². The van der Waals surface area contributed by atoms with Crippen molar-refractivity contribution >= 4 is 21.9 Å². The molecule has 26 heavy (non-hydrogen) atoms. The van der Waals surface area contributed by atoms with Crippen molar-refractivity contribution in [3.63, 3.8) is 0 Å². The average molecular weight is 377 g/mol. The summed E-state index contributed by atoms with van der Waals surface area (Å²) < 4.78 is 28.2. The molecule has 1 fully saturated rings. The maximum Gasteiger partial charge on any atom is 0.243 e. The van der Waals surface area contributed by atoms with Crippen molar-refractivity contribution in [1.29, 1.82) is 0 Å². The molecule has 140 valence electrons. The van der Waals surface area contributed by atoms with E-state index in [4.69, 9.17) is 0 Å². The van der Waals surface area contributed by atoms with Gasteiger partial charge in [-0.1, -0.05) is 12.1 Å². The van der Waals surface area contributed by atoms with Crippen LogP contribution in [0, 0.1) is 6.92 Å². The van der Waals surface area contributed by atoms with E-state index in [0.29, 0.717) is 30.4 Å². The summed E-state index contributed by atoms with van der Waals surface area (Å²) in [5, 5.41) is 10.5. The van der Waals surface area contributed by atoms with Gasteiger partial charge in [-0.05, 0) is 43.9 Å². The quantitative estimate of drug-likeness (QED) is 0.822. The van der Waals surface area contributed by atoms with Gasteiger partial charge in [0.2, 0.25) is 21.9 Å². The topological polar surface area (TPSA) is 97.2 Å². The molecule has 2 heterocycles. The van der Waals surface area contributed by atoms with Gasteiger partial charge in [-0.3, -0.25) is 10.1 Å². The lowest BCUT2D eigenvalue weighted by Crippen LogP contribution is -2.27. The Labute approximate surface area is 153 Å². The minimum atomic E-state index is -3.39. The maximum absolute atomic E-state index is 12.5. The first-order chi connectivity index (χ1) is 12.4. The number of benzene rings is 1. The molecule has 1 amide bonds. The van der Waals surface area contributed by atoms with Gasteiger partial charge in [-0.25, -0.2) is 8.42 Å². The lowest BCUT2D eigenvalue weighted by atomic mass is 10.1. The molecule has 8 nitrogen and oxygen atoms in total. The highest BCUT2D eigenvalue weighted by Gasteiger charge is 2.26. The van der Waals surface area contributed by atoms with Crippen LogP contribution in [-0.4, -0.2) is 46.5 Å². The van der Waals surface area contributed by atoms with Crippen molar-refractivity contribution in [3.8, 4) is 0 Å². The molecule has 1 aromatic carbocycles. The fourth-order valence-corrected chi connectivity index (χ4v) is 4.38. The zero-order valence-corrected chi connectivity index (χ0v) is 15.8. The van der Waals surface area contributed by atoms with Crippen molar-refractivity contribution in [2.24, 2.45) is 7.05 Å². The fourth-order valence-electron chi connectivity index (χ4n) is 2.87. The number of hydrogen-bond acceptors (Lipinski definition) is 5. The second kappa shape index (κ2) is 7.55. The third-order valence-electron chi connectivity index (χ3n) is 4.61. The third kappa shape index (κ3) is 3.94. The lowest BCUT2D eigenvalue weighted by Gasteiger charge is -2.15. The Morgan fingerprint density at radius 3 is 2.38 bits per heavy atom. The second-order valence-corrected chi connectivity index (χ2v) is 8.37. The molecule has 1 N–H and O–H groups in total. The van der Waals surface area contributed by atoms with Crippen LogP contribution in [0.15, 0.2) is 29.2 Å². The van der Waals surface area contributed by atoms with Gasteiger partial charge in [0, 0.05) is 26.6 Å². The number of aryl methyl sites for hydroxylation is 2. The summed E-state index contributed by atoms with van der Waals surface area (Å²) in [6.07, 6.45) is 2.63. The van der Waals surface area contributed by atoms with Crippen molar-refractivity contribution in [1.82, 2.24) is 19.1 Å². The molecule has 1 aromatic heterocycles. The first-order valence-electron chi connectivity index (χ1n) is 8.63. The molecule has 1 saturated heterocycles. The molecule has 1 aliphatic heterocycles. The molecule has 1 aliphatic rings. The highest BCUT2D eigenvalue weighted by molar-refractivity contribution is 7.89. The maximum atomic E-state index is 12.5. The average Bonchev–Trinajstić information content (AvgIpc) is 3.27. The van der Waals surface area contributed by atoms with Gasteiger partial charge in [0.1, 0.15) is 5.82 Å². The summed E-state index contributed by atoms with van der Waals surface area (Å²) in [5.74, 6) is 0.976. The summed E-state index contributed by atoms with van der Waals surface area (Å²) in [7, 11) is -1.61. The smallest absolute Gasteiger partial charge is 0.243 e. The first kappa shape index (κ1) is 18.5. The molecule has 0 saturated carbocycles. The van der Waals surface area contributed by atoms with Gasteiger partial charge < -0.3 is 4.57 Å². The van der Waals surface area contributed by atoms with Crippen molar-refractivity contribution in [2.45, 2.75) is 37.5 Å². The molecule has 0 unspecified atom stereocenters. The Bertz CT molecular complexity index is 884. The van der Waals surface area contributed by atoms with Crippen LogP contribution in [0.2, 0.25) is 0 Å². The lowest BCUT2D eigenvalue weighted by molar-refractivity contribution is -0.116. The first-order valence-corrected chi connectivity index (χ1v) is 10.1. The van der Waals surface area contributed by atoms with E-state index in [2.05, 4.69) is 15.5 Å². The minimum absolute atomic E-state index is 0.158. The molecular weight excluding hydrogens is 354 g/mol. The Morgan fingerprint density at radius 1 is 1.15 bits per heavy atom. The van der Waals surface area contributed by atoms with E-state index in [1.807, 2.05) is 0 Å². The standard InChI is InChI=1S/C17H23N5O3S/c1-13-19-20-17(21(13)2)18-16(23)10-7-14-5-8-15(9-6-14)26(24,25)22-11-3-4-12-22/h5-6,8-9H,3-4,7,10-12H2,1-2H3,(H,18,20,23). The van der Waals surface area contributed by atoms with Crippen molar-refractivity contribution in [2.75, 3.05) is 18.4 Å². The number of carbonyl (C=O) groups is 1. The van der Waals surface area contributed by atoms with Crippen LogP contribution >= 0.6 is 0 Å². The van der Waals surface area contributed by atoms with E-state index >= 15 is 0 Å². The van der Waals surface area contributed by atoms with Gasteiger partial charge in [-0.15, -0.1) is 10.2 Å². The summed E-state index contributed by atoms with van der Waals surface area (Å²) in [6.45, 7) is 2.98. The van der Waals surface area contributed by atoms with Gasteiger partial charge in [0.05, 0.1) is 4.90 Å². The van der Waals surface area contributed by atoms with Crippen LogP contribution in [0.4, 0.5) is 5.95 Å². The molecule has 2 aromatic rings.